The number of hydrogen-bond donors (Lipinski definition) is 1. The van der Waals surface area contributed by atoms with Gasteiger partial charge in [0.2, 0.25) is 0 Å². The Morgan fingerprint density at radius 1 is 1.11 bits per heavy atom. The average molecular weight is 252 g/mol. The molecule has 1 aliphatic heterocycles. The minimum atomic E-state index is -0.388. The second kappa shape index (κ2) is 6.01. The fourth-order valence-electron chi connectivity index (χ4n) is 2.26. The van der Waals surface area contributed by atoms with E-state index in [-0.39, 0.29) is 11.1 Å². The van der Waals surface area contributed by atoms with Gasteiger partial charge in [-0.2, -0.15) is 5.26 Å². The molecular formula is C14H28N4. The van der Waals surface area contributed by atoms with Gasteiger partial charge in [-0.3, -0.25) is 4.90 Å². The van der Waals surface area contributed by atoms with Crippen molar-refractivity contribution < 1.29 is 0 Å². The highest BCUT2D eigenvalue weighted by Crippen LogP contribution is 2.17. The zero-order valence-corrected chi connectivity index (χ0v) is 12.6. The highest BCUT2D eigenvalue weighted by atomic mass is 15.3. The van der Waals surface area contributed by atoms with Gasteiger partial charge in [-0.1, -0.05) is 0 Å². The predicted molar refractivity (Wildman–Crippen MR) is 75.5 cm³/mol. The zero-order valence-electron chi connectivity index (χ0n) is 12.6. The first-order chi connectivity index (χ1) is 8.30. The molecule has 1 heterocycles. The van der Waals surface area contributed by atoms with Crippen molar-refractivity contribution in [2.75, 3.05) is 39.8 Å². The molecule has 1 fully saturated rings. The van der Waals surface area contributed by atoms with Crippen molar-refractivity contribution in [1.82, 2.24) is 15.1 Å². The van der Waals surface area contributed by atoms with Crippen LogP contribution in [0.4, 0.5) is 0 Å². The third-order valence-corrected chi connectivity index (χ3v) is 4.05. The van der Waals surface area contributed by atoms with Crippen molar-refractivity contribution in [3.8, 4) is 6.07 Å². The van der Waals surface area contributed by atoms with E-state index in [1.807, 2.05) is 14.0 Å². The molecular weight excluding hydrogens is 224 g/mol. The van der Waals surface area contributed by atoms with E-state index in [0.29, 0.717) is 0 Å². The highest BCUT2D eigenvalue weighted by molar-refractivity contribution is 5.03. The van der Waals surface area contributed by atoms with Gasteiger partial charge in [-0.25, -0.2) is 0 Å². The molecule has 4 heteroatoms. The topological polar surface area (TPSA) is 42.3 Å². The number of rotatable bonds is 4. The fraction of sp³-hybridized carbons (Fsp3) is 0.929. The molecule has 18 heavy (non-hydrogen) atoms. The van der Waals surface area contributed by atoms with E-state index >= 15 is 0 Å². The molecule has 1 aliphatic rings. The largest absolute Gasteiger partial charge is 0.303 e. The Bertz CT molecular complexity index is 294. The van der Waals surface area contributed by atoms with E-state index in [1.54, 1.807) is 0 Å². The van der Waals surface area contributed by atoms with Gasteiger partial charge in [-0.05, 0) is 41.2 Å². The molecule has 1 saturated heterocycles. The van der Waals surface area contributed by atoms with Crippen LogP contribution < -0.4 is 5.32 Å². The second-order valence-electron chi connectivity index (χ2n) is 6.44. The Kier molecular flexibility index (Phi) is 5.15. The van der Waals surface area contributed by atoms with Gasteiger partial charge in [0, 0.05) is 38.3 Å². The van der Waals surface area contributed by atoms with E-state index in [9.17, 15) is 0 Å². The SMILES string of the molecule is CNC(C)(C#N)CCN1CCN(C(C)(C)C)CC1. The number of piperazine rings is 1. The van der Waals surface area contributed by atoms with Gasteiger partial charge >= 0.3 is 0 Å². The Morgan fingerprint density at radius 2 is 1.67 bits per heavy atom. The minimum absolute atomic E-state index is 0.276. The van der Waals surface area contributed by atoms with Crippen LogP contribution in [0, 0.1) is 11.3 Å². The van der Waals surface area contributed by atoms with Crippen LogP contribution in [0.25, 0.3) is 0 Å². The van der Waals surface area contributed by atoms with Crippen molar-refractivity contribution in [2.45, 2.75) is 45.2 Å². The van der Waals surface area contributed by atoms with Crippen LogP contribution in [-0.4, -0.2) is 60.6 Å². The van der Waals surface area contributed by atoms with Gasteiger partial charge in [0.1, 0.15) is 5.54 Å². The summed E-state index contributed by atoms with van der Waals surface area (Å²) in [4.78, 5) is 5.00. The van der Waals surface area contributed by atoms with Crippen LogP contribution in [0.15, 0.2) is 0 Å². The van der Waals surface area contributed by atoms with E-state index in [2.05, 4.69) is 42.0 Å². The lowest BCUT2D eigenvalue weighted by Crippen LogP contribution is -2.54. The van der Waals surface area contributed by atoms with Gasteiger partial charge in [-0.15, -0.1) is 0 Å². The van der Waals surface area contributed by atoms with Crippen molar-refractivity contribution in [3.63, 3.8) is 0 Å². The second-order valence-corrected chi connectivity index (χ2v) is 6.44. The van der Waals surface area contributed by atoms with E-state index in [1.165, 1.54) is 0 Å². The molecule has 4 nitrogen and oxygen atoms in total. The highest BCUT2D eigenvalue weighted by Gasteiger charge is 2.27. The van der Waals surface area contributed by atoms with E-state index in [4.69, 9.17) is 5.26 Å². The Balaban J connectivity index is 2.35. The van der Waals surface area contributed by atoms with Crippen LogP contribution in [-0.2, 0) is 0 Å². The molecule has 0 amide bonds. The summed E-state index contributed by atoms with van der Waals surface area (Å²) in [5.74, 6) is 0. The van der Waals surface area contributed by atoms with Crippen LogP contribution in [0.5, 0.6) is 0 Å². The summed E-state index contributed by atoms with van der Waals surface area (Å²) in [6, 6.07) is 2.35. The maximum atomic E-state index is 9.12. The van der Waals surface area contributed by atoms with Gasteiger partial charge in [0.15, 0.2) is 0 Å². The van der Waals surface area contributed by atoms with Crippen LogP contribution in [0.3, 0.4) is 0 Å². The standard InChI is InChI=1S/C14H28N4/c1-13(2,3)18-10-8-17(9-11-18)7-6-14(4,12-15)16-5/h16H,6-11H2,1-5H3. The van der Waals surface area contributed by atoms with Crippen molar-refractivity contribution in [2.24, 2.45) is 0 Å². The molecule has 0 aromatic heterocycles. The summed E-state index contributed by atoms with van der Waals surface area (Å²) >= 11 is 0. The first kappa shape index (κ1) is 15.4. The lowest BCUT2D eigenvalue weighted by Gasteiger charge is -2.42. The van der Waals surface area contributed by atoms with Crippen LogP contribution in [0.1, 0.15) is 34.1 Å². The first-order valence-electron chi connectivity index (χ1n) is 6.88. The van der Waals surface area contributed by atoms with E-state index in [0.717, 1.165) is 39.1 Å². The Hall–Kier alpha value is -0.630. The third-order valence-electron chi connectivity index (χ3n) is 4.05. The molecule has 0 spiro atoms. The van der Waals surface area contributed by atoms with Crippen LogP contribution >= 0.6 is 0 Å². The third kappa shape index (κ3) is 4.24. The van der Waals surface area contributed by atoms with Crippen molar-refractivity contribution in [3.05, 3.63) is 0 Å². The molecule has 104 valence electrons. The van der Waals surface area contributed by atoms with Gasteiger partial charge in [0.05, 0.1) is 6.07 Å². The normalized spacial score (nSPS) is 22.4. The smallest absolute Gasteiger partial charge is 0.104 e. The van der Waals surface area contributed by atoms with E-state index < -0.39 is 0 Å². The lowest BCUT2D eigenvalue weighted by atomic mass is 9.99. The number of nitriles is 1. The Morgan fingerprint density at radius 3 is 2.06 bits per heavy atom. The van der Waals surface area contributed by atoms with Crippen molar-refractivity contribution >= 4 is 0 Å². The first-order valence-corrected chi connectivity index (χ1v) is 6.88. The Labute approximate surface area is 112 Å². The molecule has 0 bridgehead atoms. The summed E-state index contributed by atoms with van der Waals surface area (Å²) in [7, 11) is 1.86. The molecule has 1 atom stereocenters. The quantitative estimate of drug-likeness (QED) is 0.819. The summed E-state index contributed by atoms with van der Waals surface area (Å²) < 4.78 is 0. The van der Waals surface area contributed by atoms with Gasteiger partial charge < -0.3 is 10.2 Å². The molecule has 0 aromatic carbocycles. The molecule has 1 N–H and O–H groups in total. The molecule has 1 unspecified atom stereocenters. The fourth-order valence-corrected chi connectivity index (χ4v) is 2.26. The maximum Gasteiger partial charge on any atom is 0.104 e. The molecule has 0 radical (unpaired) electrons. The summed E-state index contributed by atoms with van der Waals surface area (Å²) in [6.07, 6.45) is 0.884. The number of nitrogens with zero attached hydrogens (tertiary/aromatic N) is 3. The maximum absolute atomic E-state index is 9.12. The minimum Gasteiger partial charge on any atom is -0.303 e. The van der Waals surface area contributed by atoms with Crippen LogP contribution in [0.2, 0.25) is 0 Å². The molecule has 0 saturated carbocycles. The summed E-state index contributed by atoms with van der Waals surface area (Å²) in [6.45, 7) is 14.3. The predicted octanol–water partition coefficient (Wildman–Crippen LogP) is 1.29. The van der Waals surface area contributed by atoms with Crippen molar-refractivity contribution in [1.29, 1.82) is 5.26 Å². The summed E-state index contributed by atoms with van der Waals surface area (Å²) in [5.41, 5.74) is -0.112. The molecule has 0 aromatic rings. The monoisotopic (exact) mass is 252 g/mol. The number of nitrogens with one attached hydrogen (secondary N) is 1. The number of hydrogen-bond acceptors (Lipinski definition) is 4. The molecule has 1 rings (SSSR count). The summed E-state index contributed by atoms with van der Waals surface area (Å²) in [5, 5.41) is 12.2. The lowest BCUT2D eigenvalue weighted by molar-refractivity contribution is 0.0598. The van der Waals surface area contributed by atoms with Gasteiger partial charge in [0.25, 0.3) is 0 Å². The molecule has 0 aliphatic carbocycles. The zero-order chi connectivity index (χ0) is 13.8. The average Bonchev–Trinajstić information content (AvgIpc) is 2.35.